The zero-order chi connectivity index (χ0) is 14.3. The topological polar surface area (TPSA) is 92.1 Å². The van der Waals surface area contributed by atoms with E-state index in [1.807, 2.05) is 16.0 Å². The highest BCUT2D eigenvalue weighted by Crippen LogP contribution is 2.18. The normalized spacial score (nSPS) is 12.3. The fraction of sp³-hybridized carbons (Fsp3) is 0.273. The second kappa shape index (κ2) is 4.69. The lowest BCUT2D eigenvalue weighted by molar-refractivity contribution is 0.579. The molecule has 7 nitrogen and oxygen atoms in total. The van der Waals surface area contributed by atoms with Gasteiger partial charge < -0.3 is 0 Å². The Kier molecular flexibility index (Phi) is 3.11. The molecule has 0 radical (unpaired) electrons. The van der Waals surface area contributed by atoms with E-state index in [1.54, 1.807) is 20.0 Å². The van der Waals surface area contributed by atoms with Crippen molar-refractivity contribution in [2.24, 2.45) is 0 Å². The van der Waals surface area contributed by atoms with Gasteiger partial charge in [-0.05, 0) is 13.8 Å². The van der Waals surface area contributed by atoms with Gasteiger partial charge in [-0.2, -0.15) is 5.10 Å². The van der Waals surface area contributed by atoms with Gasteiger partial charge in [-0.25, -0.2) is 18.1 Å². The van der Waals surface area contributed by atoms with E-state index in [0.717, 1.165) is 10.7 Å². The molecule has 0 unspecified atom stereocenters. The molecular weight excluding hydrogens is 298 g/mol. The Morgan fingerprint density at radius 3 is 2.95 bits per heavy atom. The SMILES string of the molecule is Cc1n[nH]c(C)c1S(=O)(=O)NCc1csc2nccn12. The maximum absolute atomic E-state index is 12.3. The third-order valence-corrected chi connectivity index (χ3v) is 5.56. The van der Waals surface area contributed by atoms with Crippen molar-refractivity contribution in [1.82, 2.24) is 24.3 Å². The monoisotopic (exact) mass is 311 g/mol. The maximum Gasteiger partial charge on any atom is 0.244 e. The van der Waals surface area contributed by atoms with E-state index in [9.17, 15) is 8.42 Å². The molecule has 0 aliphatic carbocycles. The van der Waals surface area contributed by atoms with Gasteiger partial charge in [0.15, 0.2) is 4.96 Å². The number of thiazole rings is 1. The van der Waals surface area contributed by atoms with E-state index in [0.29, 0.717) is 11.4 Å². The van der Waals surface area contributed by atoms with Crippen LogP contribution in [0.15, 0.2) is 22.7 Å². The van der Waals surface area contributed by atoms with Gasteiger partial charge in [-0.15, -0.1) is 11.3 Å². The minimum atomic E-state index is -3.58. The first-order valence-electron chi connectivity index (χ1n) is 5.89. The van der Waals surface area contributed by atoms with Crippen LogP contribution in [0.2, 0.25) is 0 Å². The van der Waals surface area contributed by atoms with E-state index in [4.69, 9.17) is 0 Å². The number of nitrogens with one attached hydrogen (secondary N) is 2. The molecule has 0 amide bonds. The van der Waals surface area contributed by atoms with Gasteiger partial charge in [0.2, 0.25) is 10.0 Å². The molecule has 9 heteroatoms. The van der Waals surface area contributed by atoms with Gasteiger partial charge in [0.05, 0.1) is 17.9 Å². The van der Waals surface area contributed by atoms with Crippen molar-refractivity contribution in [3.05, 3.63) is 34.9 Å². The molecule has 3 rings (SSSR count). The van der Waals surface area contributed by atoms with E-state index in [2.05, 4.69) is 19.9 Å². The third kappa shape index (κ3) is 2.13. The molecule has 0 atom stereocenters. The predicted octanol–water partition coefficient (Wildman–Crippen LogP) is 1.21. The fourth-order valence-electron chi connectivity index (χ4n) is 2.08. The summed E-state index contributed by atoms with van der Waals surface area (Å²) in [5, 5.41) is 8.48. The van der Waals surface area contributed by atoms with Gasteiger partial charge in [-0.1, -0.05) is 0 Å². The van der Waals surface area contributed by atoms with Crippen LogP contribution in [0.1, 0.15) is 17.1 Å². The Balaban J connectivity index is 1.86. The van der Waals surface area contributed by atoms with Crippen molar-refractivity contribution in [3.63, 3.8) is 0 Å². The number of sulfonamides is 1. The number of imidazole rings is 1. The second-order valence-electron chi connectivity index (χ2n) is 4.39. The highest BCUT2D eigenvalue weighted by atomic mass is 32.2. The van der Waals surface area contributed by atoms with E-state index in [1.165, 1.54) is 11.3 Å². The maximum atomic E-state index is 12.3. The lowest BCUT2D eigenvalue weighted by Crippen LogP contribution is -2.24. The molecule has 0 saturated carbocycles. The van der Waals surface area contributed by atoms with Crippen molar-refractivity contribution >= 4 is 26.3 Å². The third-order valence-electron chi connectivity index (χ3n) is 2.99. The molecule has 3 heterocycles. The van der Waals surface area contributed by atoms with Gasteiger partial charge in [0.25, 0.3) is 0 Å². The average molecular weight is 311 g/mol. The zero-order valence-corrected chi connectivity index (χ0v) is 12.5. The summed E-state index contributed by atoms with van der Waals surface area (Å²) in [6, 6.07) is 0. The summed E-state index contributed by atoms with van der Waals surface area (Å²) in [6.07, 6.45) is 3.50. The molecule has 3 aromatic rings. The van der Waals surface area contributed by atoms with Gasteiger partial charge in [0.1, 0.15) is 4.90 Å². The van der Waals surface area contributed by atoms with Crippen LogP contribution in [0, 0.1) is 13.8 Å². The summed E-state index contributed by atoms with van der Waals surface area (Å²) in [6.45, 7) is 3.56. The molecule has 0 aromatic carbocycles. The molecule has 0 aliphatic heterocycles. The number of fused-ring (bicyclic) bond motifs is 1. The van der Waals surface area contributed by atoms with Crippen molar-refractivity contribution in [2.45, 2.75) is 25.3 Å². The van der Waals surface area contributed by atoms with Crippen molar-refractivity contribution < 1.29 is 8.42 Å². The van der Waals surface area contributed by atoms with Gasteiger partial charge in [0, 0.05) is 23.5 Å². The van der Waals surface area contributed by atoms with Crippen LogP contribution in [0.5, 0.6) is 0 Å². The Morgan fingerprint density at radius 2 is 2.25 bits per heavy atom. The summed E-state index contributed by atoms with van der Waals surface area (Å²) in [5.41, 5.74) is 1.85. The quantitative estimate of drug-likeness (QED) is 0.757. The van der Waals surface area contributed by atoms with Crippen LogP contribution >= 0.6 is 11.3 Å². The molecule has 0 fully saturated rings. The van der Waals surface area contributed by atoms with Crippen LogP contribution in [0.3, 0.4) is 0 Å². The lowest BCUT2D eigenvalue weighted by Gasteiger charge is -2.06. The molecule has 20 heavy (non-hydrogen) atoms. The van der Waals surface area contributed by atoms with Crippen LogP contribution < -0.4 is 4.72 Å². The summed E-state index contributed by atoms with van der Waals surface area (Å²) in [4.78, 5) is 5.21. The molecule has 2 N–H and O–H groups in total. The number of H-pyrrole nitrogens is 1. The Bertz CT molecular complexity index is 839. The van der Waals surface area contributed by atoms with Crippen LogP contribution in [0.25, 0.3) is 4.96 Å². The van der Waals surface area contributed by atoms with Gasteiger partial charge in [-0.3, -0.25) is 9.50 Å². The summed E-state index contributed by atoms with van der Waals surface area (Å²) >= 11 is 1.47. The van der Waals surface area contributed by atoms with Gasteiger partial charge >= 0.3 is 0 Å². The van der Waals surface area contributed by atoms with E-state index in [-0.39, 0.29) is 11.4 Å². The highest BCUT2D eigenvalue weighted by Gasteiger charge is 2.22. The first-order chi connectivity index (χ1) is 9.49. The van der Waals surface area contributed by atoms with Crippen molar-refractivity contribution in [2.75, 3.05) is 0 Å². The van der Waals surface area contributed by atoms with Crippen LogP contribution in [0.4, 0.5) is 0 Å². The number of hydrogen-bond acceptors (Lipinski definition) is 5. The number of rotatable bonds is 4. The lowest BCUT2D eigenvalue weighted by atomic mass is 10.4. The number of aromatic nitrogens is 4. The molecule has 3 aromatic heterocycles. The minimum Gasteiger partial charge on any atom is -0.293 e. The molecular formula is C11H13N5O2S2. The van der Waals surface area contributed by atoms with Crippen molar-refractivity contribution in [3.8, 4) is 0 Å². The van der Waals surface area contributed by atoms with Crippen molar-refractivity contribution in [1.29, 1.82) is 0 Å². The fourth-order valence-corrected chi connectivity index (χ4v) is 4.29. The first kappa shape index (κ1) is 13.3. The minimum absolute atomic E-state index is 0.211. The predicted molar refractivity (Wildman–Crippen MR) is 75.2 cm³/mol. The Morgan fingerprint density at radius 1 is 1.45 bits per heavy atom. The standard InChI is InChI=1S/C11H13N5O2S2/c1-7-10(8(2)15-14-7)20(17,18)13-5-9-6-19-11-12-3-4-16(9)11/h3-4,6,13H,5H2,1-2H3,(H,14,15). The highest BCUT2D eigenvalue weighted by molar-refractivity contribution is 7.89. The molecule has 0 saturated heterocycles. The molecule has 0 aliphatic rings. The van der Waals surface area contributed by atoms with Crippen LogP contribution in [-0.4, -0.2) is 28.0 Å². The number of aromatic amines is 1. The summed E-state index contributed by atoms with van der Waals surface area (Å²) < 4.78 is 29.1. The smallest absolute Gasteiger partial charge is 0.244 e. The number of nitrogens with zero attached hydrogens (tertiary/aromatic N) is 3. The zero-order valence-electron chi connectivity index (χ0n) is 10.9. The number of hydrogen-bond donors (Lipinski definition) is 2. The first-order valence-corrected chi connectivity index (χ1v) is 8.26. The Hall–Kier alpha value is -1.71. The Labute approximate surface area is 119 Å². The molecule has 0 spiro atoms. The largest absolute Gasteiger partial charge is 0.293 e. The average Bonchev–Trinajstić information content (AvgIpc) is 3.03. The van der Waals surface area contributed by atoms with E-state index >= 15 is 0 Å². The molecule has 0 bridgehead atoms. The number of aryl methyl sites for hydroxylation is 2. The summed E-state index contributed by atoms with van der Waals surface area (Å²) in [5.74, 6) is 0. The van der Waals surface area contributed by atoms with Crippen LogP contribution in [-0.2, 0) is 16.6 Å². The van der Waals surface area contributed by atoms with E-state index < -0.39 is 10.0 Å². The molecule has 106 valence electrons. The second-order valence-corrected chi connectivity index (χ2v) is 6.93. The summed E-state index contributed by atoms with van der Waals surface area (Å²) in [7, 11) is -3.58.